The van der Waals surface area contributed by atoms with Crippen LogP contribution in [0.1, 0.15) is 34.1 Å². The summed E-state index contributed by atoms with van der Waals surface area (Å²) in [7, 11) is 0. The van der Waals surface area contributed by atoms with Gasteiger partial charge in [0, 0.05) is 18.6 Å². The van der Waals surface area contributed by atoms with Crippen LogP contribution in [0.3, 0.4) is 0 Å². The van der Waals surface area contributed by atoms with Crippen molar-refractivity contribution in [3.8, 4) is 0 Å². The van der Waals surface area contributed by atoms with Crippen molar-refractivity contribution in [3.63, 3.8) is 0 Å². The van der Waals surface area contributed by atoms with E-state index in [4.69, 9.17) is 0 Å². The average molecular weight is 157 g/mol. The molecule has 0 aromatic rings. The van der Waals surface area contributed by atoms with Crippen LogP contribution < -0.4 is 0 Å². The van der Waals surface area contributed by atoms with Gasteiger partial charge in [-0.05, 0) is 34.1 Å². The van der Waals surface area contributed by atoms with E-state index in [1.165, 1.54) is 0 Å². The van der Waals surface area contributed by atoms with Gasteiger partial charge in [0.25, 0.3) is 0 Å². The monoisotopic (exact) mass is 157 g/mol. The first-order chi connectivity index (χ1) is 4.93. The van der Waals surface area contributed by atoms with Crippen LogP contribution >= 0.6 is 0 Å². The zero-order valence-electron chi connectivity index (χ0n) is 7.96. The Bertz CT molecular complexity index is 137. The standard InChI is InChI=1S/C9H19NO/c1-7(2)10-6-5-8(10)9(3,4)11/h7-8,11H,5-6H2,1-4H3. The highest BCUT2D eigenvalue weighted by Gasteiger charge is 2.39. The van der Waals surface area contributed by atoms with Gasteiger partial charge in [0.1, 0.15) is 0 Å². The highest BCUT2D eigenvalue weighted by molar-refractivity contribution is 4.95. The third-order valence-corrected chi connectivity index (χ3v) is 2.54. The van der Waals surface area contributed by atoms with Crippen LogP contribution in [0.5, 0.6) is 0 Å². The van der Waals surface area contributed by atoms with Gasteiger partial charge in [-0.3, -0.25) is 4.90 Å². The smallest absolute Gasteiger partial charge is 0.0746 e. The lowest BCUT2D eigenvalue weighted by Gasteiger charge is -2.49. The van der Waals surface area contributed by atoms with Crippen molar-refractivity contribution in [3.05, 3.63) is 0 Å². The lowest BCUT2D eigenvalue weighted by Crippen LogP contribution is -2.60. The van der Waals surface area contributed by atoms with E-state index in [0.29, 0.717) is 12.1 Å². The molecule has 1 fully saturated rings. The summed E-state index contributed by atoms with van der Waals surface area (Å²) < 4.78 is 0. The fourth-order valence-electron chi connectivity index (χ4n) is 1.78. The average Bonchev–Trinajstić information content (AvgIpc) is 1.51. The Hall–Kier alpha value is -0.0800. The van der Waals surface area contributed by atoms with Crippen LogP contribution in [0.4, 0.5) is 0 Å². The van der Waals surface area contributed by atoms with Crippen molar-refractivity contribution >= 4 is 0 Å². The van der Waals surface area contributed by atoms with Gasteiger partial charge in [-0.1, -0.05) is 0 Å². The molecule has 1 aliphatic rings. The summed E-state index contributed by atoms with van der Waals surface area (Å²) in [5, 5.41) is 9.72. The molecule has 1 N–H and O–H groups in total. The van der Waals surface area contributed by atoms with Crippen LogP contribution in [0.15, 0.2) is 0 Å². The zero-order valence-corrected chi connectivity index (χ0v) is 7.96. The van der Waals surface area contributed by atoms with Crippen LogP contribution in [0.2, 0.25) is 0 Å². The van der Waals surface area contributed by atoms with E-state index >= 15 is 0 Å². The molecule has 2 heteroatoms. The summed E-state index contributed by atoms with van der Waals surface area (Å²) in [6.45, 7) is 9.29. The molecule has 11 heavy (non-hydrogen) atoms. The Morgan fingerprint density at radius 3 is 2.09 bits per heavy atom. The van der Waals surface area contributed by atoms with Gasteiger partial charge in [0.15, 0.2) is 0 Å². The molecule has 1 heterocycles. The van der Waals surface area contributed by atoms with Crippen molar-refractivity contribution in [1.82, 2.24) is 4.90 Å². The highest BCUT2D eigenvalue weighted by Crippen LogP contribution is 2.29. The van der Waals surface area contributed by atoms with E-state index in [1.807, 2.05) is 13.8 Å². The SMILES string of the molecule is CC(C)N1CCC1C(C)(C)O. The minimum Gasteiger partial charge on any atom is -0.389 e. The molecular weight excluding hydrogens is 138 g/mol. The molecule has 1 unspecified atom stereocenters. The molecular formula is C9H19NO. The molecule has 0 bridgehead atoms. The summed E-state index contributed by atoms with van der Waals surface area (Å²) in [6.07, 6.45) is 1.14. The van der Waals surface area contributed by atoms with E-state index in [1.54, 1.807) is 0 Å². The van der Waals surface area contributed by atoms with Crippen LogP contribution in [-0.4, -0.2) is 34.2 Å². The second kappa shape index (κ2) is 2.76. The minimum atomic E-state index is -0.525. The Morgan fingerprint density at radius 1 is 1.45 bits per heavy atom. The summed E-state index contributed by atoms with van der Waals surface area (Å²) in [4.78, 5) is 2.35. The van der Waals surface area contributed by atoms with Gasteiger partial charge in [-0.2, -0.15) is 0 Å². The van der Waals surface area contributed by atoms with Crippen LogP contribution in [0, 0.1) is 0 Å². The number of nitrogens with zero attached hydrogens (tertiary/aromatic N) is 1. The summed E-state index contributed by atoms with van der Waals surface area (Å²) in [5.74, 6) is 0. The first kappa shape index (κ1) is 9.01. The Morgan fingerprint density at radius 2 is 2.00 bits per heavy atom. The third kappa shape index (κ3) is 1.74. The van der Waals surface area contributed by atoms with Gasteiger partial charge in [0.05, 0.1) is 5.60 Å². The van der Waals surface area contributed by atoms with E-state index in [-0.39, 0.29) is 0 Å². The molecule has 1 saturated heterocycles. The molecule has 0 aliphatic carbocycles. The fourth-order valence-corrected chi connectivity index (χ4v) is 1.78. The van der Waals surface area contributed by atoms with Crippen LogP contribution in [0.25, 0.3) is 0 Å². The first-order valence-electron chi connectivity index (χ1n) is 4.41. The van der Waals surface area contributed by atoms with E-state index in [0.717, 1.165) is 13.0 Å². The van der Waals surface area contributed by atoms with Crippen molar-refractivity contribution in [1.29, 1.82) is 0 Å². The highest BCUT2D eigenvalue weighted by atomic mass is 16.3. The predicted molar refractivity (Wildman–Crippen MR) is 46.5 cm³/mol. The maximum absolute atomic E-state index is 9.72. The first-order valence-corrected chi connectivity index (χ1v) is 4.41. The van der Waals surface area contributed by atoms with Crippen LogP contribution in [-0.2, 0) is 0 Å². The molecule has 0 spiro atoms. The maximum atomic E-state index is 9.72. The Labute approximate surface area is 69.2 Å². The number of hydrogen-bond donors (Lipinski definition) is 1. The van der Waals surface area contributed by atoms with Gasteiger partial charge in [0.2, 0.25) is 0 Å². The van der Waals surface area contributed by atoms with Crippen molar-refractivity contribution in [2.45, 2.75) is 51.8 Å². The van der Waals surface area contributed by atoms with Gasteiger partial charge < -0.3 is 5.11 Å². The largest absolute Gasteiger partial charge is 0.389 e. The lowest BCUT2D eigenvalue weighted by atomic mass is 9.87. The molecule has 0 aromatic carbocycles. The molecule has 2 nitrogen and oxygen atoms in total. The molecule has 0 saturated carbocycles. The van der Waals surface area contributed by atoms with Gasteiger partial charge in [-0.25, -0.2) is 0 Å². The topological polar surface area (TPSA) is 23.5 Å². The molecule has 1 aliphatic heterocycles. The quantitative estimate of drug-likeness (QED) is 0.652. The normalized spacial score (nSPS) is 27.3. The van der Waals surface area contributed by atoms with Crippen molar-refractivity contribution < 1.29 is 5.11 Å². The Balaban J connectivity index is 2.50. The molecule has 1 atom stereocenters. The van der Waals surface area contributed by atoms with E-state index in [9.17, 15) is 5.11 Å². The number of likely N-dealkylation sites (tertiary alicyclic amines) is 1. The molecule has 1 rings (SSSR count). The Kier molecular flexibility index (Phi) is 2.26. The molecule has 0 radical (unpaired) electrons. The number of aliphatic hydroxyl groups is 1. The van der Waals surface area contributed by atoms with Gasteiger partial charge in [-0.15, -0.1) is 0 Å². The van der Waals surface area contributed by atoms with E-state index < -0.39 is 5.60 Å². The molecule has 0 aromatic heterocycles. The maximum Gasteiger partial charge on any atom is 0.0746 e. The summed E-state index contributed by atoms with van der Waals surface area (Å²) in [5.41, 5.74) is -0.525. The molecule has 0 amide bonds. The summed E-state index contributed by atoms with van der Waals surface area (Å²) >= 11 is 0. The second-order valence-electron chi connectivity index (χ2n) is 4.29. The number of rotatable bonds is 2. The minimum absolute atomic E-state index is 0.377. The van der Waals surface area contributed by atoms with Crippen molar-refractivity contribution in [2.24, 2.45) is 0 Å². The number of hydrogen-bond acceptors (Lipinski definition) is 2. The third-order valence-electron chi connectivity index (χ3n) is 2.54. The predicted octanol–water partition coefficient (Wildman–Crippen LogP) is 1.24. The van der Waals surface area contributed by atoms with Crippen molar-refractivity contribution in [2.75, 3.05) is 6.54 Å². The zero-order chi connectivity index (χ0) is 8.65. The molecule has 66 valence electrons. The lowest BCUT2D eigenvalue weighted by molar-refractivity contribution is -0.0832. The summed E-state index contributed by atoms with van der Waals surface area (Å²) in [6, 6.07) is 0.947. The van der Waals surface area contributed by atoms with E-state index in [2.05, 4.69) is 18.7 Å². The second-order valence-corrected chi connectivity index (χ2v) is 4.29. The van der Waals surface area contributed by atoms with Gasteiger partial charge >= 0.3 is 0 Å². The fraction of sp³-hybridized carbons (Fsp3) is 1.00.